The molecule has 2 aromatic rings. The summed E-state index contributed by atoms with van der Waals surface area (Å²) in [5, 5.41) is 24.2. The maximum absolute atomic E-state index is 12.3. The summed E-state index contributed by atoms with van der Waals surface area (Å²) in [4.78, 5) is 23.8. The summed E-state index contributed by atoms with van der Waals surface area (Å²) in [6.07, 6.45) is 1.37. The molecule has 2 amide bonds. The molecule has 1 aliphatic rings. The molecule has 7 heteroatoms. The molecule has 5 N–H and O–H groups in total. The number of aliphatic hydroxyl groups excluding tert-OH is 1. The van der Waals surface area contributed by atoms with E-state index in [1.54, 1.807) is 24.3 Å². The van der Waals surface area contributed by atoms with Crippen molar-refractivity contribution in [3.63, 3.8) is 0 Å². The van der Waals surface area contributed by atoms with Crippen molar-refractivity contribution < 1.29 is 19.9 Å². The fourth-order valence-corrected chi connectivity index (χ4v) is 2.80. The quantitative estimate of drug-likeness (QED) is 0.270. The monoisotopic (exact) mass is 407 g/mol. The highest BCUT2D eigenvalue weighted by atomic mass is 16.5. The van der Waals surface area contributed by atoms with E-state index in [0.29, 0.717) is 11.6 Å². The van der Waals surface area contributed by atoms with Gasteiger partial charge in [-0.25, -0.2) is 5.48 Å². The maximum Gasteiger partial charge on any atom is 0.268 e. The van der Waals surface area contributed by atoms with Crippen LogP contribution in [0.3, 0.4) is 0 Å². The molecule has 0 saturated heterocycles. The highest BCUT2D eigenvalue weighted by Gasteiger charge is 2.25. The van der Waals surface area contributed by atoms with Gasteiger partial charge in [0.25, 0.3) is 11.8 Å². The van der Waals surface area contributed by atoms with E-state index in [1.165, 1.54) is 30.8 Å². The largest absolute Gasteiger partial charge is 0.391 e. The van der Waals surface area contributed by atoms with Crippen LogP contribution in [0.1, 0.15) is 46.8 Å². The Morgan fingerprint density at radius 3 is 2.10 bits per heavy atom. The molecule has 0 aromatic heterocycles. The first-order chi connectivity index (χ1) is 14.5. The van der Waals surface area contributed by atoms with E-state index < -0.39 is 24.0 Å². The molecular formula is C23H25N3O4. The van der Waals surface area contributed by atoms with Gasteiger partial charge in [-0.05, 0) is 61.7 Å². The second-order valence-electron chi connectivity index (χ2n) is 7.35. The average Bonchev–Trinajstić information content (AvgIpc) is 3.59. The van der Waals surface area contributed by atoms with E-state index in [-0.39, 0.29) is 0 Å². The summed E-state index contributed by atoms with van der Waals surface area (Å²) in [5.41, 5.74) is 4.61. The van der Waals surface area contributed by atoms with Crippen LogP contribution in [0, 0.1) is 11.8 Å². The number of carbonyl (C=O) groups is 2. The molecule has 0 aliphatic heterocycles. The summed E-state index contributed by atoms with van der Waals surface area (Å²) in [5.74, 6) is 4.72. The number of hydroxylamine groups is 1. The first-order valence-electron chi connectivity index (χ1n) is 9.83. The third-order valence-corrected chi connectivity index (χ3v) is 4.79. The first kappa shape index (κ1) is 21.5. The average molecular weight is 407 g/mol. The second-order valence-corrected chi connectivity index (χ2v) is 7.35. The Bertz CT molecular complexity index is 939. The van der Waals surface area contributed by atoms with Crippen molar-refractivity contribution in [3.8, 4) is 11.8 Å². The molecule has 1 saturated carbocycles. The number of carbonyl (C=O) groups excluding carboxylic acids is 2. The summed E-state index contributed by atoms with van der Waals surface area (Å²) in [7, 11) is 0. The van der Waals surface area contributed by atoms with Gasteiger partial charge < -0.3 is 15.7 Å². The lowest BCUT2D eigenvalue weighted by Crippen LogP contribution is -2.51. The normalized spacial score (nSPS) is 14.8. The van der Waals surface area contributed by atoms with Gasteiger partial charge in [0.1, 0.15) is 6.04 Å². The van der Waals surface area contributed by atoms with Gasteiger partial charge in [0.2, 0.25) is 0 Å². The van der Waals surface area contributed by atoms with E-state index in [0.717, 1.165) is 17.7 Å². The van der Waals surface area contributed by atoms with Crippen LogP contribution >= 0.6 is 0 Å². The lowest BCUT2D eigenvalue weighted by atomic mass is 10.1. The fraction of sp³-hybridized carbons (Fsp3) is 0.304. The second kappa shape index (κ2) is 10.0. The Balaban J connectivity index is 1.59. The number of rotatable bonds is 7. The van der Waals surface area contributed by atoms with Crippen molar-refractivity contribution in [1.29, 1.82) is 0 Å². The zero-order valence-corrected chi connectivity index (χ0v) is 16.7. The Morgan fingerprint density at radius 1 is 1.03 bits per heavy atom. The fourth-order valence-electron chi connectivity index (χ4n) is 2.80. The van der Waals surface area contributed by atoms with Crippen molar-refractivity contribution in [2.45, 2.75) is 44.5 Å². The van der Waals surface area contributed by atoms with Gasteiger partial charge in [-0.1, -0.05) is 24.0 Å². The van der Waals surface area contributed by atoms with Crippen LogP contribution in [0.5, 0.6) is 0 Å². The third kappa shape index (κ3) is 6.16. The summed E-state index contributed by atoms with van der Waals surface area (Å²) < 4.78 is 0. The highest BCUT2D eigenvalue weighted by molar-refractivity contribution is 5.97. The zero-order valence-electron chi connectivity index (χ0n) is 16.7. The van der Waals surface area contributed by atoms with Gasteiger partial charge in [0, 0.05) is 29.3 Å². The number of nitrogens with one attached hydrogen (secondary N) is 3. The standard InChI is InChI=1S/C23H25N3O4/c1-15(27)21(23(29)26-30)25-22(28)19-10-8-17(9-11-19)3-2-16-4-6-18(7-5-16)14-24-20-12-13-20/h4-11,15,20-21,24,27,30H,12-14H2,1H3,(H,25,28)(H,26,29). The number of hydrogen-bond donors (Lipinski definition) is 5. The molecule has 3 rings (SSSR count). The van der Waals surface area contributed by atoms with Crippen molar-refractivity contribution in [2.75, 3.05) is 0 Å². The van der Waals surface area contributed by atoms with E-state index in [4.69, 9.17) is 5.21 Å². The van der Waals surface area contributed by atoms with Crippen LogP contribution < -0.4 is 16.1 Å². The van der Waals surface area contributed by atoms with Crippen LogP contribution in [0.25, 0.3) is 0 Å². The Kier molecular flexibility index (Phi) is 7.20. The van der Waals surface area contributed by atoms with Crippen LogP contribution in [0.4, 0.5) is 0 Å². The topological polar surface area (TPSA) is 111 Å². The number of hydrogen-bond acceptors (Lipinski definition) is 5. The predicted molar refractivity (Wildman–Crippen MR) is 112 cm³/mol. The lowest BCUT2D eigenvalue weighted by molar-refractivity contribution is -0.133. The molecule has 1 fully saturated rings. The van der Waals surface area contributed by atoms with E-state index >= 15 is 0 Å². The lowest BCUT2D eigenvalue weighted by Gasteiger charge is -2.19. The molecule has 2 aromatic carbocycles. The van der Waals surface area contributed by atoms with Crippen molar-refractivity contribution in [3.05, 3.63) is 70.8 Å². The van der Waals surface area contributed by atoms with E-state index in [2.05, 4.69) is 34.6 Å². The number of amides is 2. The minimum atomic E-state index is -1.26. The number of benzene rings is 2. The summed E-state index contributed by atoms with van der Waals surface area (Å²) >= 11 is 0. The van der Waals surface area contributed by atoms with Gasteiger partial charge in [0.05, 0.1) is 6.10 Å². The van der Waals surface area contributed by atoms with Gasteiger partial charge in [-0.15, -0.1) is 0 Å². The Morgan fingerprint density at radius 2 is 1.60 bits per heavy atom. The molecule has 7 nitrogen and oxygen atoms in total. The van der Waals surface area contributed by atoms with E-state index in [1.807, 2.05) is 12.1 Å². The molecule has 0 heterocycles. The minimum Gasteiger partial charge on any atom is -0.391 e. The predicted octanol–water partition coefficient (Wildman–Crippen LogP) is 1.32. The molecule has 156 valence electrons. The molecule has 0 bridgehead atoms. The highest BCUT2D eigenvalue weighted by Crippen LogP contribution is 2.19. The first-order valence-corrected chi connectivity index (χ1v) is 9.83. The van der Waals surface area contributed by atoms with E-state index in [9.17, 15) is 14.7 Å². The third-order valence-electron chi connectivity index (χ3n) is 4.79. The summed E-state index contributed by atoms with van der Waals surface area (Å²) in [6, 6.07) is 14.1. The van der Waals surface area contributed by atoms with Crippen molar-refractivity contribution in [2.24, 2.45) is 0 Å². The molecular weight excluding hydrogens is 382 g/mol. The van der Waals surface area contributed by atoms with Gasteiger partial charge in [-0.2, -0.15) is 0 Å². The van der Waals surface area contributed by atoms with Gasteiger partial charge >= 0.3 is 0 Å². The number of aliphatic hydroxyl groups is 1. The van der Waals surface area contributed by atoms with Crippen LogP contribution in [-0.2, 0) is 11.3 Å². The smallest absolute Gasteiger partial charge is 0.268 e. The molecule has 0 spiro atoms. The minimum absolute atomic E-state index is 0.310. The molecule has 2 atom stereocenters. The van der Waals surface area contributed by atoms with Gasteiger partial charge in [-0.3, -0.25) is 14.8 Å². The Hall–Kier alpha value is -3.18. The van der Waals surface area contributed by atoms with Crippen LogP contribution in [-0.4, -0.2) is 40.3 Å². The molecule has 30 heavy (non-hydrogen) atoms. The summed E-state index contributed by atoms with van der Waals surface area (Å²) in [6.45, 7) is 2.22. The zero-order chi connectivity index (χ0) is 21.5. The molecule has 2 unspecified atom stereocenters. The molecule has 0 radical (unpaired) electrons. The maximum atomic E-state index is 12.3. The SMILES string of the molecule is CC(O)C(NC(=O)c1ccc(C#Cc2ccc(CNC3CC3)cc2)cc1)C(=O)NO. The van der Waals surface area contributed by atoms with Crippen LogP contribution in [0.2, 0.25) is 0 Å². The van der Waals surface area contributed by atoms with Crippen molar-refractivity contribution >= 4 is 11.8 Å². The van der Waals surface area contributed by atoms with Gasteiger partial charge in [0.15, 0.2) is 0 Å². The Labute approximate surface area is 175 Å². The molecule has 1 aliphatic carbocycles. The van der Waals surface area contributed by atoms with Crippen LogP contribution in [0.15, 0.2) is 48.5 Å². The van der Waals surface area contributed by atoms with Crippen molar-refractivity contribution in [1.82, 2.24) is 16.1 Å².